The molecule has 0 fully saturated rings. The number of hydrazone groups is 1. The lowest BCUT2D eigenvalue weighted by molar-refractivity contribution is -0.149. The third-order valence-corrected chi connectivity index (χ3v) is 6.97. The van der Waals surface area contributed by atoms with Gasteiger partial charge in [0.1, 0.15) is 0 Å². The van der Waals surface area contributed by atoms with Crippen molar-refractivity contribution in [1.82, 2.24) is 4.83 Å². The van der Waals surface area contributed by atoms with E-state index in [-0.39, 0.29) is 29.3 Å². The van der Waals surface area contributed by atoms with Crippen LogP contribution >= 0.6 is 0 Å². The smallest absolute Gasteiger partial charge is 0.306 e. The van der Waals surface area contributed by atoms with E-state index in [1.807, 2.05) is 38.1 Å². The van der Waals surface area contributed by atoms with Crippen LogP contribution in [-0.2, 0) is 19.6 Å². The number of nitrogens with one attached hydrogen (secondary N) is 1. The largest absolute Gasteiger partial charge is 0.463 e. The highest BCUT2D eigenvalue weighted by Crippen LogP contribution is 2.36. The summed E-state index contributed by atoms with van der Waals surface area (Å²) in [5.74, 6) is -0.306. The molecule has 0 spiro atoms. The van der Waals surface area contributed by atoms with Gasteiger partial charge in [-0.3, -0.25) is 4.79 Å². The fourth-order valence-electron chi connectivity index (χ4n) is 3.96. The lowest BCUT2D eigenvalue weighted by Crippen LogP contribution is -2.20. The molecular formula is C25H32N2O4S. The Balaban J connectivity index is 1.68. The van der Waals surface area contributed by atoms with Gasteiger partial charge in [-0.1, -0.05) is 61.7 Å². The van der Waals surface area contributed by atoms with Gasteiger partial charge in [-0.15, -0.1) is 0 Å². The van der Waals surface area contributed by atoms with Crippen molar-refractivity contribution in [3.05, 3.63) is 65.2 Å². The summed E-state index contributed by atoms with van der Waals surface area (Å²) in [4.78, 5) is 15.0. The number of fused-ring (bicyclic) bond motifs is 1. The summed E-state index contributed by atoms with van der Waals surface area (Å²) in [6.45, 7) is 5.98. The quantitative estimate of drug-likeness (QED) is 0.307. The van der Waals surface area contributed by atoms with Crippen LogP contribution in [-0.4, -0.2) is 26.2 Å². The van der Waals surface area contributed by atoms with E-state index in [0.717, 1.165) is 42.4 Å². The van der Waals surface area contributed by atoms with Crippen molar-refractivity contribution in [1.29, 1.82) is 0 Å². The summed E-state index contributed by atoms with van der Waals surface area (Å²) in [5, 5.41) is 4.23. The molecular weight excluding hydrogens is 424 g/mol. The second-order valence-electron chi connectivity index (χ2n) is 8.45. The zero-order chi connectivity index (χ0) is 23.1. The van der Waals surface area contributed by atoms with Gasteiger partial charge >= 0.3 is 5.97 Å². The molecule has 0 heterocycles. The fraction of sp³-hybridized carbons (Fsp3) is 0.440. The maximum atomic E-state index is 12.6. The molecule has 172 valence electrons. The van der Waals surface area contributed by atoms with Gasteiger partial charge in [-0.2, -0.15) is 18.4 Å². The molecule has 1 N–H and O–H groups in total. The van der Waals surface area contributed by atoms with Crippen LogP contribution in [0.3, 0.4) is 0 Å². The van der Waals surface area contributed by atoms with Gasteiger partial charge in [0.05, 0.1) is 23.1 Å². The maximum Gasteiger partial charge on any atom is 0.306 e. The second-order valence-corrected chi connectivity index (χ2v) is 10.1. The highest BCUT2D eigenvalue weighted by atomic mass is 32.2. The van der Waals surface area contributed by atoms with E-state index in [1.165, 1.54) is 0 Å². The zero-order valence-electron chi connectivity index (χ0n) is 19.0. The molecule has 6 nitrogen and oxygen atoms in total. The summed E-state index contributed by atoms with van der Waals surface area (Å²) in [6.07, 6.45) is 4.82. The number of sulfonamides is 1. The number of nitrogens with zero attached hydrogens (tertiary/aromatic N) is 1. The Morgan fingerprint density at radius 1 is 1.16 bits per heavy atom. The summed E-state index contributed by atoms with van der Waals surface area (Å²) in [6, 6.07) is 14.3. The molecule has 2 atom stereocenters. The topological polar surface area (TPSA) is 84.8 Å². The monoisotopic (exact) mass is 456 g/mol. The Morgan fingerprint density at radius 2 is 1.88 bits per heavy atom. The van der Waals surface area contributed by atoms with Crippen LogP contribution < -0.4 is 4.83 Å². The molecule has 0 saturated heterocycles. The van der Waals surface area contributed by atoms with Crippen molar-refractivity contribution < 1.29 is 17.9 Å². The van der Waals surface area contributed by atoms with Crippen molar-refractivity contribution in [2.45, 2.75) is 76.2 Å². The number of carbonyl (C=O) groups excluding carboxylic acids is 1. The molecule has 2 aromatic carbocycles. The van der Waals surface area contributed by atoms with Crippen LogP contribution in [0.15, 0.2) is 58.5 Å². The predicted molar refractivity (Wildman–Crippen MR) is 126 cm³/mol. The fourth-order valence-corrected chi connectivity index (χ4v) is 4.79. The maximum absolute atomic E-state index is 12.6. The minimum atomic E-state index is -3.76. The number of hydrogen-bond acceptors (Lipinski definition) is 5. The Bertz CT molecular complexity index is 1060. The second kappa shape index (κ2) is 10.8. The number of hydrogen-bond donors (Lipinski definition) is 1. The lowest BCUT2D eigenvalue weighted by atomic mass is 9.98. The number of carbonyl (C=O) groups is 1. The number of benzene rings is 2. The highest BCUT2D eigenvalue weighted by Gasteiger charge is 2.30. The molecule has 32 heavy (non-hydrogen) atoms. The van der Waals surface area contributed by atoms with Crippen LogP contribution in [0.5, 0.6) is 0 Å². The summed E-state index contributed by atoms with van der Waals surface area (Å²) >= 11 is 0. The standard InChI is InChI=1S/C25H32N2O4S/c1-4-5-6-9-19(3)31-25(28)17-20-16-24(23-11-8-7-10-22(20)23)26-27-32(29,30)21-14-12-18(2)13-15-21/h7-8,10-15,19-20,27H,4-6,9,16-17H2,1-3H3/b26-24-. The molecule has 2 aromatic rings. The van der Waals surface area contributed by atoms with Gasteiger partial charge in [0.15, 0.2) is 0 Å². The number of unbranched alkanes of at least 4 members (excludes halogenated alkanes) is 2. The first-order valence-electron chi connectivity index (χ1n) is 11.2. The van der Waals surface area contributed by atoms with Gasteiger partial charge in [-0.25, -0.2) is 0 Å². The average molecular weight is 457 g/mol. The summed E-state index contributed by atoms with van der Waals surface area (Å²) < 4.78 is 30.8. The number of ether oxygens (including phenoxy) is 1. The predicted octanol–water partition coefficient (Wildman–Crippen LogP) is 5.07. The van der Waals surface area contributed by atoms with Crippen LogP contribution in [0.1, 0.15) is 75.0 Å². The van der Waals surface area contributed by atoms with Crippen LogP contribution in [0, 0.1) is 6.92 Å². The first-order chi connectivity index (χ1) is 15.3. The zero-order valence-corrected chi connectivity index (χ0v) is 19.8. The van der Waals surface area contributed by atoms with E-state index in [4.69, 9.17) is 4.74 Å². The number of esters is 1. The summed E-state index contributed by atoms with van der Waals surface area (Å²) in [7, 11) is -3.76. The van der Waals surface area contributed by atoms with Gasteiger partial charge in [-0.05, 0) is 50.8 Å². The molecule has 0 saturated carbocycles. The molecule has 0 amide bonds. The molecule has 2 unspecified atom stereocenters. The van der Waals surface area contributed by atoms with Crippen molar-refractivity contribution in [3.63, 3.8) is 0 Å². The third-order valence-electron chi connectivity index (χ3n) is 5.74. The van der Waals surface area contributed by atoms with E-state index < -0.39 is 10.0 Å². The van der Waals surface area contributed by atoms with E-state index in [9.17, 15) is 13.2 Å². The number of aryl methyl sites for hydroxylation is 1. The Kier molecular flexibility index (Phi) is 8.07. The molecule has 1 aliphatic rings. The first kappa shape index (κ1) is 24.0. The molecule has 0 aromatic heterocycles. The van der Waals surface area contributed by atoms with E-state index in [1.54, 1.807) is 24.3 Å². The lowest BCUT2D eigenvalue weighted by Gasteiger charge is -2.15. The summed E-state index contributed by atoms with van der Waals surface area (Å²) in [5.41, 5.74) is 3.48. The third kappa shape index (κ3) is 6.19. The van der Waals surface area contributed by atoms with Crippen molar-refractivity contribution >= 4 is 21.7 Å². The van der Waals surface area contributed by atoms with E-state index in [0.29, 0.717) is 12.1 Å². The van der Waals surface area contributed by atoms with Gasteiger partial charge in [0, 0.05) is 11.5 Å². The normalized spacial score (nSPS) is 17.7. The van der Waals surface area contributed by atoms with Crippen LogP contribution in [0.2, 0.25) is 0 Å². The van der Waals surface area contributed by atoms with Gasteiger partial charge < -0.3 is 4.74 Å². The Labute approximate surface area is 191 Å². The molecule has 0 radical (unpaired) electrons. The van der Waals surface area contributed by atoms with E-state index in [2.05, 4.69) is 16.9 Å². The molecule has 3 rings (SSSR count). The van der Waals surface area contributed by atoms with E-state index >= 15 is 0 Å². The van der Waals surface area contributed by atoms with Crippen LogP contribution in [0.25, 0.3) is 0 Å². The minimum Gasteiger partial charge on any atom is -0.463 e. The molecule has 0 aliphatic heterocycles. The highest BCUT2D eigenvalue weighted by molar-refractivity contribution is 7.89. The Hall–Kier alpha value is -2.67. The minimum absolute atomic E-state index is 0.0795. The van der Waals surface area contributed by atoms with Gasteiger partial charge in [0.2, 0.25) is 0 Å². The molecule has 1 aliphatic carbocycles. The van der Waals surface area contributed by atoms with Crippen LogP contribution in [0.4, 0.5) is 0 Å². The Morgan fingerprint density at radius 3 is 2.59 bits per heavy atom. The number of rotatable bonds is 10. The molecule has 0 bridgehead atoms. The average Bonchev–Trinajstić information content (AvgIpc) is 3.10. The van der Waals surface area contributed by atoms with Gasteiger partial charge in [0.25, 0.3) is 10.0 Å². The first-order valence-corrected chi connectivity index (χ1v) is 12.7. The SMILES string of the molecule is CCCCCC(C)OC(=O)CC1C/C(=N/NS(=O)(=O)c2ccc(C)cc2)c2ccccc21. The van der Waals surface area contributed by atoms with Crippen molar-refractivity contribution in [2.24, 2.45) is 5.10 Å². The van der Waals surface area contributed by atoms with Crippen molar-refractivity contribution in [3.8, 4) is 0 Å². The molecule has 7 heteroatoms. The van der Waals surface area contributed by atoms with Crippen molar-refractivity contribution in [2.75, 3.05) is 0 Å².